The normalized spacial score (nSPS) is 12.1. The maximum atomic E-state index is 11.5. The Morgan fingerprint density at radius 2 is 2.14 bits per heavy atom. The average molecular weight is 319 g/mol. The number of aliphatic hydroxyl groups excluding tert-OH is 1. The van der Waals surface area contributed by atoms with Crippen molar-refractivity contribution in [1.29, 1.82) is 0 Å². The van der Waals surface area contributed by atoms with Crippen LogP contribution in [-0.4, -0.2) is 29.1 Å². The minimum atomic E-state index is -0.124. The highest BCUT2D eigenvalue weighted by molar-refractivity contribution is 7.14. The van der Waals surface area contributed by atoms with Crippen molar-refractivity contribution in [2.45, 2.75) is 26.4 Å². The number of thiazole rings is 1. The van der Waals surface area contributed by atoms with Crippen LogP contribution in [0.1, 0.15) is 31.1 Å². The van der Waals surface area contributed by atoms with Crippen molar-refractivity contribution in [3.05, 3.63) is 47.0 Å². The van der Waals surface area contributed by atoms with E-state index in [1.54, 1.807) is 11.8 Å². The van der Waals surface area contributed by atoms with Gasteiger partial charge < -0.3 is 10.4 Å². The fraction of sp³-hybridized carbons (Fsp3) is 0.375. The van der Waals surface area contributed by atoms with E-state index in [1.807, 2.05) is 42.6 Å². The second-order valence-electron chi connectivity index (χ2n) is 4.91. The van der Waals surface area contributed by atoms with Crippen LogP contribution in [0.2, 0.25) is 0 Å². The molecule has 1 aromatic heterocycles. The van der Waals surface area contributed by atoms with Crippen LogP contribution in [-0.2, 0) is 11.3 Å². The van der Waals surface area contributed by atoms with Gasteiger partial charge in [-0.3, -0.25) is 9.69 Å². The van der Waals surface area contributed by atoms with Crippen molar-refractivity contribution in [2.24, 2.45) is 0 Å². The predicted octanol–water partition coefficient (Wildman–Crippen LogP) is 2.34. The molecule has 1 heterocycles. The Bertz CT molecular complexity index is 600. The van der Waals surface area contributed by atoms with Gasteiger partial charge in [-0.25, -0.2) is 4.98 Å². The number of benzene rings is 1. The Hall–Kier alpha value is -1.76. The summed E-state index contributed by atoms with van der Waals surface area (Å²) in [5.74, 6) is -0.00567. The van der Waals surface area contributed by atoms with Crippen molar-refractivity contribution < 1.29 is 9.90 Å². The molecule has 0 aliphatic carbocycles. The Morgan fingerprint density at radius 1 is 1.41 bits per heavy atom. The number of carbonyl (C=O) groups is 1. The molecule has 0 aliphatic rings. The first-order valence-corrected chi connectivity index (χ1v) is 8.15. The van der Waals surface area contributed by atoms with Gasteiger partial charge in [0.05, 0.1) is 18.3 Å². The molecule has 1 atom stereocenters. The molecule has 0 bridgehead atoms. The maximum Gasteiger partial charge on any atom is 0.225 e. The fourth-order valence-electron chi connectivity index (χ4n) is 2.19. The highest BCUT2D eigenvalue weighted by Gasteiger charge is 2.14. The monoisotopic (exact) mass is 319 g/mol. The fourth-order valence-corrected chi connectivity index (χ4v) is 3.13. The summed E-state index contributed by atoms with van der Waals surface area (Å²) in [7, 11) is 0. The molecule has 0 unspecified atom stereocenters. The summed E-state index contributed by atoms with van der Waals surface area (Å²) < 4.78 is 0. The van der Waals surface area contributed by atoms with E-state index in [2.05, 4.69) is 10.3 Å². The number of nitrogens with one attached hydrogen (secondary N) is 1. The molecule has 0 spiro atoms. The Labute approximate surface area is 134 Å². The number of hydrogen-bond donors (Lipinski definition) is 2. The molecule has 2 aromatic rings. The molecule has 22 heavy (non-hydrogen) atoms. The van der Waals surface area contributed by atoms with Gasteiger partial charge in [-0.15, -0.1) is 11.3 Å². The molecule has 0 saturated heterocycles. The van der Waals surface area contributed by atoms with E-state index in [0.29, 0.717) is 18.2 Å². The summed E-state index contributed by atoms with van der Waals surface area (Å²) in [6, 6.07) is 9.69. The van der Waals surface area contributed by atoms with E-state index in [-0.39, 0.29) is 18.6 Å². The third-order valence-electron chi connectivity index (χ3n) is 3.38. The first-order chi connectivity index (χ1) is 10.7. The van der Waals surface area contributed by atoms with Crippen LogP contribution in [0, 0.1) is 0 Å². The summed E-state index contributed by atoms with van der Waals surface area (Å²) in [5, 5.41) is 15.5. The smallest absolute Gasteiger partial charge is 0.225 e. The summed E-state index contributed by atoms with van der Waals surface area (Å²) >= 11 is 1.46. The summed E-state index contributed by atoms with van der Waals surface area (Å²) in [6.45, 7) is 4.65. The molecule has 1 amide bonds. The molecule has 5 nitrogen and oxygen atoms in total. The third-order valence-corrected chi connectivity index (χ3v) is 4.29. The number of aromatic nitrogens is 1. The van der Waals surface area contributed by atoms with E-state index in [0.717, 1.165) is 11.3 Å². The molecule has 0 aliphatic heterocycles. The van der Waals surface area contributed by atoms with Gasteiger partial charge in [0.2, 0.25) is 5.91 Å². The van der Waals surface area contributed by atoms with Crippen molar-refractivity contribution in [2.75, 3.05) is 18.1 Å². The number of nitrogens with zero attached hydrogens (tertiary/aromatic N) is 2. The molecule has 6 heteroatoms. The standard InChI is InChI=1S/C16H21N3O2S/c1-3-19(12(2)21)16-18-14(11-22-16)9-17-15(10-20)13-7-5-4-6-8-13/h4-8,11,15,17,20H,3,9-10H2,1-2H3/t15-/m1/s1. The van der Waals surface area contributed by atoms with E-state index < -0.39 is 0 Å². The van der Waals surface area contributed by atoms with Crippen LogP contribution in [0.25, 0.3) is 0 Å². The molecule has 2 rings (SSSR count). The number of anilines is 1. The Morgan fingerprint density at radius 3 is 2.73 bits per heavy atom. The van der Waals surface area contributed by atoms with E-state index >= 15 is 0 Å². The van der Waals surface area contributed by atoms with Crippen molar-refractivity contribution >= 4 is 22.4 Å². The first kappa shape index (κ1) is 16.6. The Balaban J connectivity index is 1.99. The van der Waals surface area contributed by atoms with Crippen LogP contribution in [0.5, 0.6) is 0 Å². The van der Waals surface area contributed by atoms with Crippen molar-refractivity contribution in [1.82, 2.24) is 10.3 Å². The number of hydrogen-bond acceptors (Lipinski definition) is 5. The van der Waals surface area contributed by atoms with Gasteiger partial charge in [0.15, 0.2) is 5.13 Å². The average Bonchev–Trinajstić information content (AvgIpc) is 2.98. The lowest BCUT2D eigenvalue weighted by Gasteiger charge is -2.16. The summed E-state index contributed by atoms with van der Waals surface area (Å²) in [6.07, 6.45) is 0. The predicted molar refractivity (Wildman–Crippen MR) is 88.9 cm³/mol. The van der Waals surface area contributed by atoms with Crippen LogP contribution in [0.3, 0.4) is 0 Å². The molecular formula is C16H21N3O2S. The highest BCUT2D eigenvalue weighted by Crippen LogP contribution is 2.21. The molecule has 2 N–H and O–H groups in total. The SMILES string of the molecule is CCN(C(C)=O)c1nc(CN[C@H](CO)c2ccccc2)cs1. The zero-order valence-electron chi connectivity index (χ0n) is 12.8. The van der Waals surface area contributed by atoms with Gasteiger partial charge in [-0.1, -0.05) is 30.3 Å². The molecule has 1 aromatic carbocycles. The van der Waals surface area contributed by atoms with Crippen LogP contribution < -0.4 is 10.2 Å². The summed E-state index contributed by atoms with van der Waals surface area (Å²) in [5.41, 5.74) is 1.91. The van der Waals surface area contributed by atoms with Crippen molar-refractivity contribution in [3.63, 3.8) is 0 Å². The van der Waals surface area contributed by atoms with Gasteiger partial charge in [0.1, 0.15) is 0 Å². The number of rotatable bonds is 7. The van der Waals surface area contributed by atoms with Crippen LogP contribution >= 0.6 is 11.3 Å². The van der Waals surface area contributed by atoms with Crippen LogP contribution in [0.4, 0.5) is 5.13 Å². The topological polar surface area (TPSA) is 65.5 Å². The number of aliphatic hydroxyl groups is 1. The lowest BCUT2D eigenvalue weighted by Crippen LogP contribution is -2.28. The van der Waals surface area contributed by atoms with Gasteiger partial charge in [-0.2, -0.15) is 0 Å². The molecular weight excluding hydrogens is 298 g/mol. The second kappa shape index (κ2) is 8.03. The van der Waals surface area contributed by atoms with E-state index in [1.165, 1.54) is 11.3 Å². The van der Waals surface area contributed by atoms with Gasteiger partial charge >= 0.3 is 0 Å². The largest absolute Gasteiger partial charge is 0.394 e. The van der Waals surface area contributed by atoms with E-state index in [9.17, 15) is 9.90 Å². The first-order valence-electron chi connectivity index (χ1n) is 7.27. The minimum absolute atomic E-state index is 0.00567. The molecule has 0 radical (unpaired) electrons. The number of amides is 1. The Kier molecular flexibility index (Phi) is 6.06. The molecule has 0 fully saturated rings. The zero-order chi connectivity index (χ0) is 15.9. The van der Waals surface area contributed by atoms with Gasteiger partial charge in [0, 0.05) is 25.4 Å². The van der Waals surface area contributed by atoms with Crippen molar-refractivity contribution in [3.8, 4) is 0 Å². The van der Waals surface area contributed by atoms with Crippen LogP contribution in [0.15, 0.2) is 35.7 Å². The second-order valence-corrected chi connectivity index (χ2v) is 5.75. The highest BCUT2D eigenvalue weighted by atomic mass is 32.1. The quantitative estimate of drug-likeness (QED) is 0.822. The maximum absolute atomic E-state index is 11.5. The molecule has 118 valence electrons. The minimum Gasteiger partial charge on any atom is -0.394 e. The molecule has 0 saturated carbocycles. The lowest BCUT2D eigenvalue weighted by molar-refractivity contribution is -0.116. The summed E-state index contributed by atoms with van der Waals surface area (Å²) in [4.78, 5) is 17.7. The van der Waals surface area contributed by atoms with Gasteiger partial charge in [-0.05, 0) is 12.5 Å². The number of carbonyl (C=O) groups excluding carboxylic acids is 1. The van der Waals surface area contributed by atoms with Gasteiger partial charge in [0.25, 0.3) is 0 Å². The van der Waals surface area contributed by atoms with E-state index in [4.69, 9.17) is 0 Å². The zero-order valence-corrected chi connectivity index (χ0v) is 13.6. The third kappa shape index (κ3) is 4.13. The lowest BCUT2D eigenvalue weighted by atomic mass is 10.1.